The first-order valence-electron chi connectivity index (χ1n) is 10.8. The van der Waals surface area contributed by atoms with Crippen molar-refractivity contribution < 1.29 is 8.91 Å². The molecule has 4 heterocycles. The molecular weight excluding hydrogens is 455 g/mol. The van der Waals surface area contributed by atoms with E-state index in [1.807, 2.05) is 6.92 Å². The minimum absolute atomic E-state index is 0.0703. The van der Waals surface area contributed by atoms with Crippen LogP contribution in [0.15, 0.2) is 46.1 Å². The first-order valence-corrected chi connectivity index (χ1v) is 10.8. The molecular formula is C22H21FN10O2. The zero-order chi connectivity index (χ0) is 24.7. The van der Waals surface area contributed by atoms with Crippen molar-refractivity contribution in [2.45, 2.75) is 26.3 Å². The zero-order valence-corrected chi connectivity index (χ0v) is 19.1. The van der Waals surface area contributed by atoms with Crippen molar-refractivity contribution >= 4 is 22.7 Å². The summed E-state index contributed by atoms with van der Waals surface area (Å²) in [6.07, 6.45) is 3.16. The van der Waals surface area contributed by atoms with Gasteiger partial charge in [-0.15, -0.1) is 0 Å². The number of nitrogens with one attached hydrogen (secondary N) is 1. The highest BCUT2D eigenvalue weighted by Crippen LogP contribution is 2.32. The molecule has 12 nitrogen and oxygen atoms in total. The molecule has 13 heteroatoms. The summed E-state index contributed by atoms with van der Waals surface area (Å²) in [4.78, 5) is 30.8. The second-order valence-corrected chi connectivity index (χ2v) is 7.80. The third-order valence-corrected chi connectivity index (χ3v) is 5.53. The van der Waals surface area contributed by atoms with Gasteiger partial charge in [0.25, 0.3) is 11.4 Å². The molecule has 0 saturated heterocycles. The van der Waals surface area contributed by atoms with Gasteiger partial charge >= 0.3 is 0 Å². The molecule has 0 aliphatic heterocycles. The lowest BCUT2D eigenvalue weighted by Crippen LogP contribution is -2.29. The van der Waals surface area contributed by atoms with Crippen molar-refractivity contribution in [1.82, 2.24) is 39.4 Å². The second-order valence-electron chi connectivity index (χ2n) is 7.80. The molecule has 1 aromatic carbocycles. The zero-order valence-electron chi connectivity index (χ0n) is 19.1. The van der Waals surface area contributed by atoms with Crippen LogP contribution in [-0.2, 0) is 7.05 Å². The number of benzene rings is 1. The maximum absolute atomic E-state index is 14.9. The quantitative estimate of drug-likeness (QED) is 0.373. The number of nitrogens with two attached hydrogens (primary N) is 1. The molecule has 5 rings (SSSR count). The van der Waals surface area contributed by atoms with E-state index in [4.69, 9.17) is 15.2 Å². The Labute approximate surface area is 197 Å². The van der Waals surface area contributed by atoms with E-state index >= 15 is 0 Å². The molecule has 0 fully saturated rings. The molecule has 0 amide bonds. The molecule has 5 aromatic rings. The first-order chi connectivity index (χ1) is 16.9. The predicted molar refractivity (Wildman–Crippen MR) is 125 cm³/mol. The lowest BCUT2D eigenvalue weighted by molar-refractivity contribution is 0.425. The molecule has 0 aliphatic carbocycles. The summed E-state index contributed by atoms with van der Waals surface area (Å²) in [5.74, 6) is 0.681. The van der Waals surface area contributed by atoms with Crippen LogP contribution in [0.3, 0.4) is 0 Å². The number of anilines is 2. The summed E-state index contributed by atoms with van der Waals surface area (Å²) in [6.45, 7) is 3.57. The van der Waals surface area contributed by atoms with Gasteiger partial charge in [-0.3, -0.25) is 14.0 Å². The van der Waals surface area contributed by atoms with Gasteiger partial charge in [0.05, 0.1) is 17.9 Å². The molecule has 0 radical (unpaired) electrons. The number of hydrogen-bond acceptors (Lipinski definition) is 10. The topological polar surface area (TPSA) is 155 Å². The van der Waals surface area contributed by atoms with Crippen LogP contribution in [0.25, 0.3) is 28.2 Å². The first kappa shape index (κ1) is 22.1. The van der Waals surface area contributed by atoms with Gasteiger partial charge in [-0.25, -0.2) is 19.3 Å². The minimum Gasteiger partial charge on any atom is -0.383 e. The summed E-state index contributed by atoms with van der Waals surface area (Å²) in [5, 5.41) is 11.5. The maximum atomic E-state index is 14.9. The number of halogens is 1. The molecule has 3 N–H and O–H groups in total. The van der Waals surface area contributed by atoms with Crippen LogP contribution >= 0.6 is 0 Å². The Morgan fingerprint density at radius 2 is 2.03 bits per heavy atom. The van der Waals surface area contributed by atoms with Gasteiger partial charge in [-0.2, -0.15) is 10.1 Å². The lowest BCUT2D eigenvalue weighted by atomic mass is 10.1. The van der Waals surface area contributed by atoms with Crippen molar-refractivity contribution in [2.75, 3.05) is 11.1 Å². The number of para-hydroxylation sites is 1. The number of hydrogen-bond donors (Lipinski definition) is 2. The summed E-state index contributed by atoms with van der Waals surface area (Å²) in [6, 6.07) is 5.41. The van der Waals surface area contributed by atoms with Crippen LogP contribution in [0.2, 0.25) is 0 Å². The molecule has 4 aromatic heterocycles. The highest BCUT2D eigenvalue weighted by atomic mass is 19.1. The molecule has 0 aliphatic rings. The Kier molecular flexibility index (Phi) is 5.43. The van der Waals surface area contributed by atoms with Crippen LogP contribution in [0.1, 0.15) is 31.0 Å². The highest BCUT2D eigenvalue weighted by molar-refractivity contribution is 5.79. The summed E-state index contributed by atoms with van der Waals surface area (Å²) >= 11 is 0. The average Bonchev–Trinajstić information content (AvgIpc) is 3.44. The van der Waals surface area contributed by atoms with Gasteiger partial charge in [-0.05, 0) is 25.5 Å². The fourth-order valence-electron chi connectivity index (χ4n) is 3.83. The average molecular weight is 476 g/mol. The van der Waals surface area contributed by atoms with Gasteiger partial charge in [0, 0.05) is 7.05 Å². The maximum Gasteiger partial charge on any atom is 0.269 e. The van der Waals surface area contributed by atoms with Crippen LogP contribution in [0.4, 0.5) is 16.0 Å². The number of rotatable bonds is 6. The van der Waals surface area contributed by atoms with Crippen LogP contribution in [0, 0.1) is 12.7 Å². The Hall–Kier alpha value is -4.68. The molecule has 178 valence electrons. The van der Waals surface area contributed by atoms with Gasteiger partial charge in [0.2, 0.25) is 0 Å². The number of fused-ring (bicyclic) bond motifs is 1. The fraction of sp³-hybridized carbons (Fsp3) is 0.227. The van der Waals surface area contributed by atoms with E-state index in [9.17, 15) is 9.18 Å². The smallest absolute Gasteiger partial charge is 0.269 e. The number of aromatic nitrogens is 8. The normalized spacial score (nSPS) is 12.2. The Balaban J connectivity index is 1.71. The standard InChI is InChI=1S/C22H21FN10O2/c1-4-14(29-18-16(17(24)25-10-26-18)21-28-11(2)31-35-21)20-30-19-12(9-27-32(19)3)22(34)33(20)15-8-6-5-7-13(15)23/h5-10,14H,4H2,1-3H3,(H3,24,25,26,29). The van der Waals surface area contributed by atoms with E-state index < -0.39 is 17.4 Å². The molecule has 0 bridgehead atoms. The Morgan fingerprint density at radius 3 is 2.74 bits per heavy atom. The summed E-state index contributed by atoms with van der Waals surface area (Å²) in [5.41, 5.74) is 6.42. The van der Waals surface area contributed by atoms with Crippen molar-refractivity contribution in [1.29, 1.82) is 0 Å². The monoisotopic (exact) mass is 476 g/mol. The molecule has 1 unspecified atom stereocenters. The van der Waals surface area contributed by atoms with Gasteiger partial charge < -0.3 is 15.6 Å². The van der Waals surface area contributed by atoms with Gasteiger partial charge in [0.15, 0.2) is 11.5 Å². The van der Waals surface area contributed by atoms with Crippen LogP contribution < -0.4 is 16.6 Å². The molecule has 1 atom stereocenters. The summed E-state index contributed by atoms with van der Waals surface area (Å²) in [7, 11) is 1.68. The largest absolute Gasteiger partial charge is 0.383 e. The van der Waals surface area contributed by atoms with Gasteiger partial charge in [-0.1, -0.05) is 24.2 Å². The van der Waals surface area contributed by atoms with E-state index in [1.165, 1.54) is 33.9 Å². The number of nitrogens with zero attached hydrogens (tertiary/aromatic N) is 8. The minimum atomic E-state index is -0.598. The third-order valence-electron chi connectivity index (χ3n) is 5.53. The molecule has 35 heavy (non-hydrogen) atoms. The van der Waals surface area contributed by atoms with E-state index in [0.717, 1.165) is 0 Å². The van der Waals surface area contributed by atoms with E-state index in [-0.39, 0.29) is 28.6 Å². The number of aryl methyl sites for hydroxylation is 2. The third kappa shape index (κ3) is 3.76. The van der Waals surface area contributed by atoms with Crippen molar-refractivity contribution in [3.05, 3.63) is 64.6 Å². The van der Waals surface area contributed by atoms with Crippen molar-refractivity contribution in [3.8, 4) is 17.1 Å². The predicted octanol–water partition coefficient (Wildman–Crippen LogP) is 2.55. The summed E-state index contributed by atoms with van der Waals surface area (Å²) < 4.78 is 22.9. The highest BCUT2D eigenvalue weighted by Gasteiger charge is 2.26. The van der Waals surface area contributed by atoms with E-state index in [1.54, 1.807) is 26.1 Å². The Morgan fingerprint density at radius 1 is 1.23 bits per heavy atom. The second kappa shape index (κ2) is 8.59. The SMILES string of the molecule is CCC(Nc1ncnc(N)c1-c1nc(C)no1)c1nc2c(cnn2C)c(=O)n1-c1ccccc1F. The van der Waals surface area contributed by atoms with E-state index in [2.05, 4.69) is 30.5 Å². The van der Waals surface area contributed by atoms with Crippen LogP contribution in [-0.4, -0.2) is 39.4 Å². The lowest BCUT2D eigenvalue weighted by Gasteiger charge is -2.22. The van der Waals surface area contributed by atoms with E-state index in [0.29, 0.717) is 29.3 Å². The Bertz CT molecular complexity index is 1610. The molecule has 0 spiro atoms. The van der Waals surface area contributed by atoms with Gasteiger partial charge in [0.1, 0.15) is 40.6 Å². The molecule has 0 saturated carbocycles. The van der Waals surface area contributed by atoms with Crippen molar-refractivity contribution in [3.63, 3.8) is 0 Å². The van der Waals surface area contributed by atoms with Crippen molar-refractivity contribution in [2.24, 2.45) is 7.05 Å². The fourth-order valence-corrected chi connectivity index (χ4v) is 3.83. The van der Waals surface area contributed by atoms with Crippen LogP contribution in [0.5, 0.6) is 0 Å². The number of nitrogen functional groups attached to an aromatic ring is 1.